The van der Waals surface area contributed by atoms with Gasteiger partial charge < -0.3 is 0 Å². The minimum absolute atomic E-state index is 0.148. The first-order valence-corrected chi connectivity index (χ1v) is 5.78. The second-order valence-corrected chi connectivity index (χ2v) is 4.08. The second-order valence-electron chi connectivity index (χ2n) is 4.08. The van der Waals surface area contributed by atoms with Gasteiger partial charge >= 0.3 is 0 Å². The van der Waals surface area contributed by atoms with Crippen LogP contribution < -0.4 is 0 Å². The van der Waals surface area contributed by atoms with Gasteiger partial charge in [-0.15, -0.1) is 0 Å². The van der Waals surface area contributed by atoms with Gasteiger partial charge in [0.25, 0.3) is 0 Å². The molecule has 14 heavy (non-hydrogen) atoms. The molecule has 0 heterocycles. The Kier molecular flexibility index (Phi) is 5.29. The van der Waals surface area contributed by atoms with Crippen molar-refractivity contribution in [3.63, 3.8) is 0 Å². The van der Waals surface area contributed by atoms with Crippen LogP contribution in [0.2, 0.25) is 0 Å². The summed E-state index contributed by atoms with van der Waals surface area (Å²) in [6.07, 6.45) is 8.37. The smallest absolute Gasteiger partial charge is 0.0675 e. The Hall–Kier alpha value is -0.840. The lowest BCUT2D eigenvalue weighted by Crippen LogP contribution is -2.09. The van der Waals surface area contributed by atoms with Crippen LogP contribution >= 0.6 is 0 Å². The van der Waals surface area contributed by atoms with Crippen LogP contribution in [0.4, 0.5) is 0 Å². The van der Waals surface area contributed by atoms with Gasteiger partial charge in [-0.2, -0.15) is 5.26 Å². The van der Waals surface area contributed by atoms with E-state index in [9.17, 15) is 0 Å². The highest BCUT2D eigenvalue weighted by atomic mass is 14.7. The fourth-order valence-electron chi connectivity index (χ4n) is 1.90. The van der Waals surface area contributed by atoms with Crippen molar-refractivity contribution in [2.75, 3.05) is 6.54 Å². The molecule has 0 bridgehead atoms. The van der Waals surface area contributed by atoms with Crippen LogP contribution in [0.5, 0.6) is 0 Å². The average molecular weight is 192 g/mol. The fraction of sp³-hybridized carbons (Fsp3) is 0.833. The molecular weight excluding hydrogens is 172 g/mol. The number of hydrogen-bond acceptors (Lipinski definition) is 2. The molecule has 0 aromatic heterocycles. The molecule has 2 nitrogen and oxygen atoms in total. The van der Waals surface area contributed by atoms with Crippen LogP contribution in [0.25, 0.3) is 0 Å². The average Bonchev–Trinajstić information content (AvgIpc) is 2.25. The Morgan fingerprint density at radius 1 is 1.36 bits per heavy atom. The van der Waals surface area contributed by atoms with E-state index in [4.69, 9.17) is 5.26 Å². The van der Waals surface area contributed by atoms with Gasteiger partial charge in [0, 0.05) is 5.71 Å². The molecule has 1 atom stereocenters. The Labute approximate surface area is 87.0 Å². The number of nitrogens with zero attached hydrogens (tertiary/aromatic N) is 2. The maximum atomic E-state index is 8.87. The van der Waals surface area contributed by atoms with E-state index in [2.05, 4.69) is 18.0 Å². The van der Waals surface area contributed by atoms with Crippen molar-refractivity contribution in [3.8, 4) is 6.07 Å². The SMILES string of the molecule is CCCC(C#N)CN=C1CCCCC1. The molecule has 0 aliphatic heterocycles. The van der Waals surface area contributed by atoms with Crippen molar-refractivity contribution >= 4 is 5.71 Å². The highest BCUT2D eigenvalue weighted by Gasteiger charge is 2.08. The summed E-state index contributed by atoms with van der Waals surface area (Å²) < 4.78 is 0. The molecule has 2 heteroatoms. The Balaban J connectivity index is 2.32. The first-order valence-electron chi connectivity index (χ1n) is 5.78. The normalized spacial score (nSPS) is 18.7. The topological polar surface area (TPSA) is 36.1 Å². The fourth-order valence-corrected chi connectivity index (χ4v) is 1.90. The summed E-state index contributed by atoms with van der Waals surface area (Å²) in [5, 5.41) is 8.87. The molecule has 1 rings (SSSR count). The third-order valence-electron chi connectivity index (χ3n) is 2.79. The van der Waals surface area contributed by atoms with Crippen LogP contribution in [0.1, 0.15) is 51.9 Å². The summed E-state index contributed by atoms with van der Waals surface area (Å²) in [5.74, 6) is 0.148. The minimum atomic E-state index is 0.148. The first kappa shape index (κ1) is 11.2. The standard InChI is InChI=1S/C12H20N2/c1-2-6-11(9-13)10-14-12-7-4-3-5-8-12/h11H,2-8,10H2,1H3. The van der Waals surface area contributed by atoms with E-state index in [1.807, 2.05) is 0 Å². The minimum Gasteiger partial charge on any atom is -0.293 e. The Morgan fingerprint density at radius 3 is 2.64 bits per heavy atom. The summed E-state index contributed by atoms with van der Waals surface area (Å²) in [7, 11) is 0. The van der Waals surface area contributed by atoms with Crippen molar-refractivity contribution in [2.24, 2.45) is 10.9 Å². The molecule has 0 amide bonds. The quantitative estimate of drug-likeness (QED) is 0.673. The van der Waals surface area contributed by atoms with E-state index in [0.717, 1.165) is 19.4 Å². The van der Waals surface area contributed by atoms with Gasteiger partial charge in [-0.3, -0.25) is 4.99 Å². The lowest BCUT2D eigenvalue weighted by molar-refractivity contribution is 0.596. The summed E-state index contributed by atoms with van der Waals surface area (Å²) >= 11 is 0. The monoisotopic (exact) mass is 192 g/mol. The van der Waals surface area contributed by atoms with Crippen LogP contribution in [0.15, 0.2) is 4.99 Å². The number of nitriles is 1. The van der Waals surface area contributed by atoms with Crippen LogP contribution in [-0.4, -0.2) is 12.3 Å². The summed E-state index contributed by atoms with van der Waals surface area (Å²) in [5.41, 5.74) is 1.35. The second kappa shape index (κ2) is 6.59. The van der Waals surface area contributed by atoms with E-state index >= 15 is 0 Å². The van der Waals surface area contributed by atoms with Gasteiger partial charge in [0.2, 0.25) is 0 Å². The van der Waals surface area contributed by atoms with E-state index in [1.165, 1.54) is 37.8 Å². The molecule has 1 fully saturated rings. The molecule has 0 N–H and O–H groups in total. The predicted molar refractivity (Wildman–Crippen MR) is 59.4 cm³/mol. The zero-order chi connectivity index (χ0) is 10.2. The highest BCUT2D eigenvalue weighted by molar-refractivity contribution is 5.85. The number of hydrogen-bond donors (Lipinski definition) is 0. The van der Waals surface area contributed by atoms with Crippen molar-refractivity contribution in [3.05, 3.63) is 0 Å². The van der Waals surface area contributed by atoms with E-state index in [-0.39, 0.29) is 5.92 Å². The van der Waals surface area contributed by atoms with E-state index < -0.39 is 0 Å². The summed E-state index contributed by atoms with van der Waals surface area (Å²) in [4.78, 5) is 4.57. The van der Waals surface area contributed by atoms with Gasteiger partial charge in [0.1, 0.15) is 0 Å². The number of aliphatic imine (C=N–C) groups is 1. The van der Waals surface area contributed by atoms with Crippen LogP contribution in [0, 0.1) is 17.2 Å². The largest absolute Gasteiger partial charge is 0.293 e. The molecule has 0 spiro atoms. The van der Waals surface area contributed by atoms with Crippen molar-refractivity contribution < 1.29 is 0 Å². The van der Waals surface area contributed by atoms with Crippen molar-refractivity contribution in [1.29, 1.82) is 5.26 Å². The van der Waals surface area contributed by atoms with Crippen LogP contribution in [0.3, 0.4) is 0 Å². The molecular formula is C12H20N2. The predicted octanol–water partition coefficient (Wildman–Crippen LogP) is 3.33. The lowest BCUT2D eigenvalue weighted by atomic mass is 9.98. The molecule has 1 unspecified atom stereocenters. The third kappa shape index (κ3) is 3.91. The maximum absolute atomic E-state index is 8.87. The van der Waals surface area contributed by atoms with Gasteiger partial charge in [-0.05, 0) is 32.1 Å². The van der Waals surface area contributed by atoms with Crippen LogP contribution in [-0.2, 0) is 0 Å². The molecule has 78 valence electrons. The molecule has 0 saturated heterocycles. The van der Waals surface area contributed by atoms with Crippen molar-refractivity contribution in [2.45, 2.75) is 51.9 Å². The van der Waals surface area contributed by atoms with E-state index in [0.29, 0.717) is 0 Å². The zero-order valence-corrected chi connectivity index (χ0v) is 9.13. The zero-order valence-electron chi connectivity index (χ0n) is 9.13. The molecule has 1 saturated carbocycles. The Morgan fingerprint density at radius 2 is 2.07 bits per heavy atom. The number of rotatable bonds is 4. The molecule has 1 aliphatic rings. The molecule has 0 aromatic carbocycles. The van der Waals surface area contributed by atoms with E-state index in [1.54, 1.807) is 0 Å². The van der Waals surface area contributed by atoms with Gasteiger partial charge in [0.05, 0.1) is 18.5 Å². The molecule has 1 aliphatic carbocycles. The third-order valence-corrected chi connectivity index (χ3v) is 2.79. The highest BCUT2D eigenvalue weighted by Crippen LogP contribution is 2.15. The van der Waals surface area contributed by atoms with Crippen molar-refractivity contribution in [1.82, 2.24) is 0 Å². The van der Waals surface area contributed by atoms with Gasteiger partial charge in [0.15, 0.2) is 0 Å². The summed E-state index contributed by atoms with van der Waals surface area (Å²) in [6, 6.07) is 2.34. The first-order chi connectivity index (χ1) is 6.86. The summed E-state index contributed by atoms with van der Waals surface area (Å²) in [6.45, 7) is 2.86. The Bertz CT molecular complexity index is 217. The van der Waals surface area contributed by atoms with Gasteiger partial charge in [-0.25, -0.2) is 0 Å². The molecule has 0 radical (unpaired) electrons. The maximum Gasteiger partial charge on any atom is 0.0675 e. The van der Waals surface area contributed by atoms with Gasteiger partial charge in [-0.1, -0.05) is 19.8 Å². The molecule has 0 aromatic rings. The lowest BCUT2D eigenvalue weighted by Gasteiger charge is -2.13.